The van der Waals surface area contributed by atoms with E-state index in [1.807, 2.05) is 18.3 Å². The van der Waals surface area contributed by atoms with E-state index in [1.54, 1.807) is 29.2 Å². The molecule has 22 heteroatoms. The molecule has 6 aromatic heterocycles. The number of aromatic nitrogens is 9. The molecule has 6 aliphatic rings. The molecule has 4 N–H and O–H groups in total. The molecule has 318 valence electrons. The summed E-state index contributed by atoms with van der Waals surface area (Å²) in [5.41, 5.74) is 4.10. The number of carbonyl (C=O) groups excluding carboxylic acids is 2. The average molecular weight is 854 g/mol. The minimum atomic E-state index is -1.01. The molecule has 6 aromatic rings. The second kappa shape index (κ2) is 17.7. The first-order valence-electron chi connectivity index (χ1n) is 19.1. The Morgan fingerprint density at radius 1 is 0.623 bits per heavy atom. The molecular formula is C39H45ClLiN11O9. The molecule has 11 heterocycles. The minimum Gasteiger partial charge on any atom is -0.870 e. The van der Waals surface area contributed by atoms with Crippen molar-refractivity contribution < 1.29 is 63.5 Å². The maximum atomic E-state index is 11.5. The number of carboxylic acids is 1. The van der Waals surface area contributed by atoms with Gasteiger partial charge in [0.05, 0.1) is 80.2 Å². The quantitative estimate of drug-likeness (QED) is 0.134. The van der Waals surface area contributed by atoms with Gasteiger partial charge in [-0.05, 0) is 44.9 Å². The standard InChI is InChI=1S/C13H14N4O2.C12H12N4O3.C8H6ClN3O.C6H10O.Li.2H2O/c1-9(18)10-4-14-17-3-2-11(15-12(10)17)16-5-13(6-16)7-19-8-13;17-11(18)8-3-13-16-2-1-9(14-10(8)16)15-4-12(5-15)6-19-7-12;1-5(13)6-4-10-12-3-2-7(9)11-8(6)12;1-2-6(3-1)4-7-5-6;;;/h2-4H,5-8H2,1H3;1-3H,4-7H2,(H,17,18);2-4H,1H3;1-5H2;;2*1H2/q;;;;+1;;/p-1. The van der Waals surface area contributed by atoms with E-state index in [4.69, 9.17) is 30.9 Å². The Bertz CT molecular complexity index is 2420. The Kier molecular flexibility index (Phi) is 13.2. The number of carbonyl (C=O) groups is 3. The van der Waals surface area contributed by atoms with Crippen LogP contribution in [0.3, 0.4) is 0 Å². The van der Waals surface area contributed by atoms with Gasteiger partial charge >= 0.3 is 24.8 Å². The van der Waals surface area contributed by atoms with Gasteiger partial charge in [0.15, 0.2) is 28.5 Å². The van der Waals surface area contributed by atoms with Gasteiger partial charge in [0.1, 0.15) is 22.4 Å². The number of carboxylic acid groups (broad SMARTS) is 1. The summed E-state index contributed by atoms with van der Waals surface area (Å²) in [5.74, 6) is 0.630. The van der Waals surface area contributed by atoms with Gasteiger partial charge in [-0.3, -0.25) is 9.59 Å². The monoisotopic (exact) mass is 853 g/mol. The fraction of sp³-hybridized carbons (Fsp3) is 0.462. The number of ether oxygens (including phenoxy) is 3. The smallest absolute Gasteiger partial charge is 0.870 e. The van der Waals surface area contributed by atoms with Crippen LogP contribution in [0.1, 0.15) is 64.2 Å². The van der Waals surface area contributed by atoms with Crippen LogP contribution >= 0.6 is 11.6 Å². The molecule has 20 nitrogen and oxygen atoms in total. The summed E-state index contributed by atoms with van der Waals surface area (Å²) in [6.07, 6.45) is 14.0. The Labute approximate surface area is 365 Å². The molecule has 0 amide bonds. The number of anilines is 2. The number of nitrogens with zero attached hydrogens (tertiary/aromatic N) is 11. The summed E-state index contributed by atoms with van der Waals surface area (Å²) in [6.45, 7) is 12.3. The van der Waals surface area contributed by atoms with Crippen LogP contribution < -0.4 is 28.7 Å². The van der Waals surface area contributed by atoms with Crippen molar-refractivity contribution in [1.29, 1.82) is 0 Å². The number of aromatic carboxylic acids is 1. The van der Waals surface area contributed by atoms with Crippen molar-refractivity contribution in [3.63, 3.8) is 0 Å². The SMILES string of the molecule is C1CC2(C1)COC2.CC(=O)c1cnn2ccc(Cl)nc12.CC(=O)c1cnn2ccc(N3CC4(COC4)C3)nc12.O.O=C(O)c1cnn2ccc(N3CC4(COC4)C3)nc12.[Li+].[OH-]. The number of ketones is 2. The minimum absolute atomic E-state index is 0. The Morgan fingerprint density at radius 2 is 1.00 bits per heavy atom. The molecule has 0 atom stereocenters. The number of hydrogen-bond donors (Lipinski definition) is 1. The third-order valence-corrected chi connectivity index (χ3v) is 11.9. The van der Waals surface area contributed by atoms with Gasteiger partial charge in [0.2, 0.25) is 0 Å². The summed E-state index contributed by atoms with van der Waals surface area (Å²) in [7, 11) is 0. The number of fused-ring (bicyclic) bond motifs is 3. The van der Waals surface area contributed by atoms with Gasteiger partial charge in [0, 0.05) is 50.2 Å². The first-order chi connectivity index (χ1) is 27.9. The van der Waals surface area contributed by atoms with Crippen LogP contribution in [0.4, 0.5) is 11.6 Å². The number of rotatable bonds is 5. The number of halogens is 1. The summed E-state index contributed by atoms with van der Waals surface area (Å²) in [5, 5.41) is 21.5. The van der Waals surface area contributed by atoms with Crippen LogP contribution in [0.25, 0.3) is 16.9 Å². The number of hydrogen-bond acceptors (Lipinski definition) is 15. The molecule has 61 heavy (non-hydrogen) atoms. The van der Waals surface area contributed by atoms with E-state index in [9.17, 15) is 14.4 Å². The molecule has 6 fully saturated rings. The fourth-order valence-electron chi connectivity index (χ4n) is 7.92. The van der Waals surface area contributed by atoms with Crippen molar-refractivity contribution in [2.45, 2.75) is 33.1 Å². The van der Waals surface area contributed by atoms with Gasteiger partial charge in [0.25, 0.3) is 0 Å². The van der Waals surface area contributed by atoms with Crippen LogP contribution in [-0.4, -0.2) is 143 Å². The molecule has 0 radical (unpaired) electrons. The third kappa shape index (κ3) is 8.72. The molecule has 3 spiro atoms. The Balaban J connectivity index is 0.000000140. The predicted molar refractivity (Wildman–Crippen MR) is 215 cm³/mol. The first-order valence-corrected chi connectivity index (χ1v) is 19.5. The van der Waals surface area contributed by atoms with Gasteiger partial charge in [-0.25, -0.2) is 33.3 Å². The van der Waals surface area contributed by atoms with E-state index in [0.29, 0.717) is 44.1 Å². The van der Waals surface area contributed by atoms with Gasteiger partial charge in [-0.2, -0.15) is 15.3 Å². The zero-order valence-corrected chi connectivity index (χ0v) is 34.8. The molecule has 1 aliphatic carbocycles. The van der Waals surface area contributed by atoms with Crippen LogP contribution in [0.15, 0.2) is 55.4 Å². The zero-order valence-electron chi connectivity index (χ0n) is 34.0. The zero-order chi connectivity index (χ0) is 40.2. The van der Waals surface area contributed by atoms with Crippen molar-refractivity contribution in [3.05, 3.63) is 77.2 Å². The van der Waals surface area contributed by atoms with Crippen molar-refractivity contribution in [1.82, 2.24) is 43.8 Å². The fourth-order valence-corrected chi connectivity index (χ4v) is 8.06. The van der Waals surface area contributed by atoms with E-state index in [1.165, 1.54) is 54.5 Å². The summed E-state index contributed by atoms with van der Waals surface area (Å²) in [4.78, 5) is 51.0. The van der Waals surface area contributed by atoms with Crippen molar-refractivity contribution >= 4 is 57.7 Å². The number of Topliss-reactive ketones (excluding diaryl/α,β-unsaturated/α-hetero) is 2. The molecule has 5 saturated heterocycles. The molecule has 0 aromatic carbocycles. The van der Waals surface area contributed by atoms with E-state index in [0.717, 1.165) is 82.9 Å². The molecule has 5 aliphatic heterocycles. The van der Waals surface area contributed by atoms with Gasteiger partial charge in [-0.15, -0.1) is 0 Å². The van der Waals surface area contributed by atoms with E-state index in [2.05, 4.69) is 40.0 Å². The van der Waals surface area contributed by atoms with Crippen LogP contribution in [0, 0.1) is 16.2 Å². The predicted octanol–water partition coefficient (Wildman–Crippen LogP) is -0.193. The van der Waals surface area contributed by atoms with Crippen LogP contribution in [0.5, 0.6) is 0 Å². The van der Waals surface area contributed by atoms with Crippen molar-refractivity contribution in [2.24, 2.45) is 16.2 Å². The Hall–Kier alpha value is -5.04. The van der Waals surface area contributed by atoms with Gasteiger partial charge < -0.3 is 40.1 Å². The normalized spacial score (nSPS) is 18.9. The summed E-state index contributed by atoms with van der Waals surface area (Å²) >= 11 is 5.69. The topological polar surface area (TPSA) is 258 Å². The maximum absolute atomic E-state index is 11.5. The molecule has 12 rings (SSSR count). The summed E-state index contributed by atoms with van der Waals surface area (Å²) in [6, 6.07) is 5.42. The Morgan fingerprint density at radius 3 is 1.33 bits per heavy atom. The second-order valence-corrected chi connectivity index (χ2v) is 16.6. The second-order valence-electron chi connectivity index (χ2n) is 16.3. The molecule has 0 unspecified atom stereocenters. The van der Waals surface area contributed by atoms with E-state index in [-0.39, 0.29) is 46.9 Å². The molecular weight excluding hydrogens is 809 g/mol. The summed E-state index contributed by atoms with van der Waals surface area (Å²) < 4.78 is 20.2. The van der Waals surface area contributed by atoms with E-state index >= 15 is 0 Å². The van der Waals surface area contributed by atoms with Crippen molar-refractivity contribution in [2.75, 3.05) is 75.6 Å². The first kappa shape index (κ1) is 45.5. The van der Waals surface area contributed by atoms with E-state index < -0.39 is 5.97 Å². The maximum Gasteiger partial charge on any atom is 1.00 e. The molecule has 1 saturated carbocycles. The molecule has 0 bridgehead atoms. The van der Waals surface area contributed by atoms with Crippen LogP contribution in [0.2, 0.25) is 5.15 Å². The average Bonchev–Trinajstić information content (AvgIpc) is 3.82. The largest absolute Gasteiger partial charge is 1.00 e. The van der Waals surface area contributed by atoms with Crippen LogP contribution in [-0.2, 0) is 14.2 Å². The third-order valence-electron chi connectivity index (χ3n) is 11.6. The van der Waals surface area contributed by atoms with Crippen molar-refractivity contribution in [3.8, 4) is 0 Å². The van der Waals surface area contributed by atoms with Gasteiger partial charge in [-0.1, -0.05) is 18.0 Å².